The van der Waals surface area contributed by atoms with Crippen LogP contribution in [-0.2, 0) is 27.4 Å². The molecule has 1 amide bonds. The fraction of sp³-hybridized carbons (Fsp3) is 0.364. The summed E-state index contributed by atoms with van der Waals surface area (Å²) in [5, 5.41) is 0. The van der Waals surface area contributed by atoms with Gasteiger partial charge in [0.2, 0.25) is 5.91 Å². The van der Waals surface area contributed by atoms with Crippen molar-refractivity contribution in [3.63, 3.8) is 0 Å². The van der Waals surface area contributed by atoms with Crippen LogP contribution in [-0.4, -0.2) is 29.4 Å². The Bertz CT molecular complexity index is 715. The second-order valence-corrected chi connectivity index (χ2v) is 6.68. The second-order valence-electron chi connectivity index (χ2n) is 6.68. The number of carbonyl (C=O) groups is 2. The Labute approximate surface area is 154 Å². The molecule has 1 fully saturated rings. The molecule has 1 heterocycles. The summed E-state index contributed by atoms with van der Waals surface area (Å²) in [6.45, 7) is 0.904. The minimum absolute atomic E-state index is 0.0556. The van der Waals surface area contributed by atoms with Gasteiger partial charge in [0.25, 0.3) is 0 Å². The van der Waals surface area contributed by atoms with Crippen molar-refractivity contribution in [2.45, 2.75) is 44.8 Å². The van der Waals surface area contributed by atoms with Crippen LogP contribution in [0.5, 0.6) is 0 Å². The number of rotatable bonds is 7. The molecular weight excluding hydrogens is 326 g/mol. The van der Waals surface area contributed by atoms with Crippen molar-refractivity contribution in [2.75, 3.05) is 6.54 Å². The van der Waals surface area contributed by atoms with Crippen molar-refractivity contribution < 1.29 is 14.3 Å². The maximum atomic E-state index is 12.5. The molecule has 0 aromatic heterocycles. The number of esters is 1. The van der Waals surface area contributed by atoms with Gasteiger partial charge in [-0.05, 0) is 36.8 Å². The average Bonchev–Trinajstić information content (AvgIpc) is 3.18. The van der Waals surface area contributed by atoms with Gasteiger partial charge in [-0.1, -0.05) is 60.7 Å². The molecule has 1 atom stereocenters. The molecule has 0 N–H and O–H groups in total. The Kier molecular flexibility index (Phi) is 6.42. The number of amides is 1. The van der Waals surface area contributed by atoms with E-state index in [1.54, 1.807) is 4.90 Å². The minimum Gasteiger partial charge on any atom is -0.459 e. The molecule has 1 aliphatic heterocycles. The van der Waals surface area contributed by atoms with Gasteiger partial charge >= 0.3 is 5.97 Å². The van der Waals surface area contributed by atoms with Gasteiger partial charge in [0.05, 0.1) is 0 Å². The van der Waals surface area contributed by atoms with E-state index in [0.29, 0.717) is 19.4 Å². The van der Waals surface area contributed by atoms with E-state index < -0.39 is 6.04 Å². The highest BCUT2D eigenvalue weighted by molar-refractivity contribution is 5.85. The van der Waals surface area contributed by atoms with E-state index in [1.807, 2.05) is 48.5 Å². The number of nitrogens with zero attached hydrogens (tertiary/aromatic N) is 1. The number of hydrogen-bond acceptors (Lipinski definition) is 3. The van der Waals surface area contributed by atoms with Gasteiger partial charge in [-0.15, -0.1) is 0 Å². The molecule has 0 unspecified atom stereocenters. The molecule has 4 nitrogen and oxygen atoms in total. The maximum Gasteiger partial charge on any atom is 0.329 e. The van der Waals surface area contributed by atoms with Crippen molar-refractivity contribution in [1.29, 1.82) is 0 Å². The number of likely N-dealkylation sites (tertiary alicyclic amines) is 1. The number of hydrogen-bond donors (Lipinski definition) is 0. The summed E-state index contributed by atoms with van der Waals surface area (Å²) in [7, 11) is 0. The lowest BCUT2D eigenvalue weighted by Gasteiger charge is -2.23. The summed E-state index contributed by atoms with van der Waals surface area (Å²) in [6, 6.07) is 19.3. The first-order valence-corrected chi connectivity index (χ1v) is 9.28. The molecule has 1 aliphatic rings. The van der Waals surface area contributed by atoms with Crippen LogP contribution in [0.25, 0.3) is 0 Å². The normalized spacial score (nSPS) is 16.5. The van der Waals surface area contributed by atoms with Gasteiger partial charge in [-0.2, -0.15) is 0 Å². The highest BCUT2D eigenvalue weighted by Crippen LogP contribution is 2.21. The van der Waals surface area contributed by atoms with E-state index in [-0.39, 0.29) is 18.5 Å². The number of aryl methyl sites for hydroxylation is 1. The maximum absolute atomic E-state index is 12.5. The van der Waals surface area contributed by atoms with Gasteiger partial charge in [-0.3, -0.25) is 4.79 Å². The highest BCUT2D eigenvalue weighted by atomic mass is 16.5. The van der Waals surface area contributed by atoms with Crippen molar-refractivity contribution >= 4 is 11.9 Å². The largest absolute Gasteiger partial charge is 0.459 e. The number of ether oxygens (including phenoxy) is 1. The SMILES string of the molecule is O=C(OCc1ccccc1)[C@@H]1CCCN1C(=O)CCCc1ccccc1. The summed E-state index contributed by atoms with van der Waals surface area (Å²) in [5.74, 6) is -0.233. The van der Waals surface area contributed by atoms with Gasteiger partial charge in [0, 0.05) is 13.0 Å². The Balaban J connectivity index is 1.47. The minimum atomic E-state index is -0.428. The molecule has 0 saturated carbocycles. The van der Waals surface area contributed by atoms with Gasteiger partial charge in [0.15, 0.2) is 0 Å². The van der Waals surface area contributed by atoms with Crippen molar-refractivity contribution in [1.82, 2.24) is 4.90 Å². The zero-order valence-electron chi connectivity index (χ0n) is 15.0. The molecule has 1 saturated heterocycles. The molecule has 0 aliphatic carbocycles. The van der Waals surface area contributed by atoms with E-state index >= 15 is 0 Å². The molecule has 2 aromatic carbocycles. The first kappa shape index (κ1) is 18.2. The van der Waals surface area contributed by atoms with Crippen LogP contribution >= 0.6 is 0 Å². The molecule has 0 spiro atoms. The predicted octanol–water partition coefficient (Wildman–Crippen LogP) is 3.74. The topological polar surface area (TPSA) is 46.6 Å². The second kappa shape index (κ2) is 9.18. The van der Waals surface area contributed by atoms with Gasteiger partial charge < -0.3 is 9.64 Å². The predicted molar refractivity (Wildman–Crippen MR) is 100 cm³/mol. The van der Waals surface area contributed by atoms with E-state index in [0.717, 1.165) is 24.8 Å². The van der Waals surface area contributed by atoms with Crippen molar-refractivity contribution in [3.8, 4) is 0 Å². The lowest BCUT2D eigenvalue weighted by molar-refractivity contribution is -0.154. The van der Waals surface area contributed by atoms with Crippen LogP contribution < -0.4 is 0 Å². The van der Waals surface area contributed by atoms with Crippen molar-refractivity contribution in [2.24, 2.45) is 0 Å². The Morgan fingerprint density at radius 3 is 2.31 bits per heavy atom. The van der Waals surface area contributed by atoms with Crippen LogP contribution in [0.3, 0.4) is 0 Å². The first-order chi connectivity index (χ1) is 12.7. The smallest absolute Gasteiger partial charge is 0.329 e. The third kappa shape index (κ3) is 4.94. The number of carbonyl (C=O) groups excluding carboxylic acids is 2. The summed E-state index contributed by atoms with van der Waals surface area (Å²) in [5.41, 5.74) is 2.19. The summed E-state index contributed by atoms with van der Waals surface area (Å²) < 4.78 is 5.43. The summed E-state index contributed by atoms with van der Waals surface area (Å²) >= 11 is 0. The van der Waals surface area contributed by atoms with E-state index in [2.05, 4.69) is 12.1 Å². The summed E-state index contributed by atoms with van der Waals surface area (Å²) in [6.07, 6.45) is 3.69. The average molecular weight is 351 g/mol. The standard InChI is InChI=1S/C22H25NO3/c24-21(15-7-13-18-9-3-1-4-10-18)23-16-8-14-20(23)22(25)26-17-19-11-5-2-6-12-19/h1-6,9-12,20H,7-8,13-17H2/t20-/m0/s1. The van der Waals surface area contributed by atoms with E-state index in [4.69, 9.17) is 4.74 Å². The van der Waals surface area contributed by atoms with Crippen LogP contribution in [0.1, 0.15) is 36.8 Å². The van der Waals surface area contributed by atoms with Crippen molar-refractivity contribution in [3.05, 3.63) is 71.8 Å². The lowest BCUT2D eigenvalue weighted by atomic mass is 10.1. The molecule has 2 aromatic rings. The zero-order valence-corrected chi connectivity index (χ0v) is 15.0. The molecule has 4 heteroatoms. The molecule has 0 bridgehead atoms. The quantitative estimate of drug-likeness (QED) is 0.714. The Morgan fingerprint density at radius 2 is 1.62 bits per heavy atom. The molecular formula is C22H25NO3. The fourth-order valence-corrected chi connectivity index (χ4v) is 3.37. The fourth-order valence-electron chi connectivity index (χ4n) is 3.37. The lowest BCUT2D eigenvalue weighted by Crippen LogP contribution is -2.41. The third-order valence-corrected chi connectivity index (χ3v) is 4.77. The number of benzene rings is 2. The zero-order chi connectivity index (χ0) is 18.2. The molecule has 0 radical (unpaired) electrons. The summed E-state index contributed by atoms with van der Waals surface area (Å²) in [4.78, 5) is 26.7. The van der Waals surface area contributed by atoms with Gasteiger partial charge in [-0.25, -0.2) is 4.79 Å². The van der Waals surface area contributed by atoms with Crippen LogP contribution in [0.2, 0.25) is 0 Å². The Morgan fingerprint density at radius 1 is 0.962 bits per heavy atom. The van der Waals surface area contributed by atoms with Crippen LogP contribution in [0.15, 0.2) is 60.7 Å². The Hall–Kier alpha value is -2.62. The molecule has 26 heavy (non-hydrogen) atoms. The van der Waals surface area contributed by atoms with E-state index in [1.165, 1.54) is 5.56 Å². The van der Waals surface area contributed by atoms with Gasteiger partial charge in [0.1, 0.15) is 12.6 Å². The molecule has 136 valence electrons. The third-order valence-electron chi connectivity index (χ3n) is 4.77. The first-order valence-electron chi connectivity index (χ1n) is 9.28. The monoisotopic (exact) mass is 351 g/mol. The van der Waals surface area contributed by atoms with E-state index in [9.17, 15) is 9.59 Å². The highest BCUT2D eigenvalue weighted by Gasteiger charge is 2.34. The molecule has 3 rings (SSSR count). The van der Waals surface area contributed by atoms with Crippen LogP contribution in [0, 0.1) is 0 Å². The van der Waals surface area contributed by atoms with Crippen LogP contribution in [0.4, 0.5) is 0 Å².